The molecule has 1 aromatic rings. The molecule has 1 aliphatic carbocycles. The van der Waals surface area contributed by atoms with Gasteiger partial charge in [0, 0.05) is 12.6 Å². The van der Waals surface area contributed by atoms with E-state index in [1.165, 1.54) is 32.1 Å². The van der Waals surface area contributed by atoms with E-state index < -0.39 is 0 Å². The standard InChI is InChI=1S/C15H27N5O/c1-11-13(16)14(19-18-11)15(21)17-9-6-10-20(2)12-7-4-3-5-8-12/h12H,3-10,16H2,1-2H3,(H,17,21)(H,18,19). The first kappa shape index (κ1) is 15.8. The number of nitrogens with two attached hydrogens (primary N) is 1. The summed E-state index contributed by atoms with van der Waals surface area (Å²) in [5, 5.41) is 9.54. The highest BCUT2D eigenvalue weighted by atomic mass is 16.1. The summed E-state index contributed by atoms with van der Waals surface area (Å²) in [5.74, 6) is -0.197. The molecule has 2 rings (SSSR count). The van der Waals surface area contributed by atoms with Gasteiger partial charge < -0.3 is 16.0 Å². The van der Waals surface area contributed by atoms with Gasteiger partial charge in [0.25, 0.3) is 5.91 Å². The van der Waals surface area contributed by atoms with Crippen molar-refractivity contribution >= 4 is 11.6 Å². The number of nitrogens with one attached hydrogen (secondary N) is 2. The second kappa shape index (κ2) is 7.45. The largest absolute Gasteiger partial charge is 0.395 e. The second-order valence-electron chi connectivity index (χ2n) is 5.99. The molecule has 0 radical (unpaired) electrons. The fourth-order valence-corrected chi connectivity index (χ4v) is 2.93. The number of nitrogen functional groups attached to an aromatic ring is 1. The van der Waals surface area contributed by atoms with Crippen LogP contribution in [-0.4, -0.2) is 47.2 Å². The van der Waals surface area contributed by atoms with Crippen LogP contribution in [0.25, 0.3) is 0 Å². The minimum Gasteiger partial charge on any atom is -0.395 e. The van der Waals surface area contributed by atoms with Crippen molar-refractivity contribution in [1.82, 2.24) is 20.4 Å². The maximum atomic E-state index is 11.9. The molecule has 0 aliphatic heterocycles. The number of aromatic nitrogens is 2. The van der Waals surface area contributed by atoms with Crippen molar-refractivity contribution in [3.8, 4) is 0 Å². The smallest absolute Gasteiger partial charge is 0.273 e. The fraction of sp³-hybridized carbons (Fsp3) is 0.733. The predicted molar refractivity (Wildman–Crippen MR) is 84.2 cm³/mol. The fourth-order valence-electron chi connectivity index (χ4n) is 2.93. The van der Waals surface area contributed by atoms with E-state index >= 15 is 0 Å². The Kier molecular flexibility index (Phi) is 5.61. The summed E-state index contributed by atoms with van der Waals surface area (Å²) in [6.45, 7) is 3.47. The van der Waals surface area contributed by atoms with Crippen LogP contribution in [0, 0.1) is 6.92 Å². The van der Waals surface area contributed by atoms with Crippen LogP contribution in [0.4, 0.5) is 5.69 Å². The van der Waals surface area contributed by atoms with Crippen molar-refractivity contribution in [1.29, 1.82) is 0 Å². The van der Waals surface area contributed by atoms with Gasteiger partial charge in [-0.25, -0.2) is 0 Å². The van der Waals surface area contributed by atoms with Gasteiger partial charge in [-0.15, -0.1) is 0 Å². The summed E-state index contributed by atoms with van der Waals surface area (Å²) in [7, 11) is 2.19. The first-order valence-electron chi connectivity index (χ1n) is 7.88. The zero-order chi connectivity index (χ0) is 15.2. The number of hydrogen-bond donors (Lipinski definition) is 3. The summed E-state index contributed by atoms with van der Waals surface area (Å²) < 4.78 is 0. The SMILES string of the molecule is Cc1[nH]nc(C(=O)NCCCN(C)C2CCCCC2)c1N. The molecule has 1 fully saturated rings. The molecule has 21 heavy (non-hydrogen) atoms. The van der Waals surface area contributed by atoms with Crippen LogP contribution in [0.5, 0.6) is 0 Å². The summed E-state index contributed by atoms with van der Waals surface area (Å²) in [6.07, 6.45) is 7.65. The normalized spacial score (nSPS) is 16.3. The van der Waals surface area contributed by atoms with Crippen LogP contribution in [0.3, 0.4) is 0 Å². The number of amides is 1. The highest BCUT2D eigenvalue weighted by Gasteiger charge is 2.18. The molecule has 6 nitrogen and oxygen atoms in total. The Morgan fingerprint density at radius 2 is 2.14 bits per heavy atom. The molecule has 0 saturated heterocycles. The van der Waals surface area contributed by atoms with Crippen LogP contribution < -0.4 is 11.1 Å². The van der Waals surface area contributed by atoms with Crippen molar-refractivity contribution in [2.45, 2.75) is 51.5 Å². The summed E-state index contributed by atoms with van der Waals surface area (Å²) >= 11 is 0. The molecule has 0 bridgehead atoms. The Morgan fingerprint density at radius 3 is 2.76 bits per heavy atom. The van der Waals surface area contributed by atoms with E-state index in [1.807, 2.05) is 0 Å². The van der Waals surface area contributed by atoms with Crippen molar-refractivity contribution in [3.05, 3.63) is 11.4 Å². The second-order valence-corrected chi connectivity index (χ2v) is 5.99. The molecular formula is C15H27N5O. The third kappa shape index (κ3) is 4.20. The van der Waals surface area contributed by atoms with Crippen LogP contribution in [0.15, 0.2) is 0 Å². The molecule has 1 aliphatic rings. The Hall–Kier alpha value is -1.56. The minimum atomic E-state index is -0.197. The third-order valence-corrected chi connectivity index (χ3v) is 4.38. The molecule has 0 spiro atoms. The van der Waals surface area contributed by atoms with Crippen LogP contribution >= 0.6 is 0 Å². The summed E-state index contributed by atoms with van der Waals surface area (Å²) in [5.41, 5.74) is 7.26. The van der Waals surface area contributed by atoms with Gasteiger partial charge in [-0.1, -0.05) is 19.3 Å². The molecule has 0 atom stereocenters. The predicted octanol–water partition coefficient (Wildman–Crippen LogP) is 1.68. The number of anilines is 1. The Labute approximate surface area is 126 Å². The number of nitrogens with zero attached hydrogens (tertiary/aromatic N) is 2. The van der Waals surface area contributed by atoms with E-state index in [2.05, 4.69) is 27.5 Å². The zero-order valence-electron chi connectivity index (χ0n) is 13.1. The molecule has 1 amide bonds. The number of carbonyl (C=O) groups is 1. The van der Waals surface area contributed by atoms with Gasteiger partial charge in [-0.05, 0) is 39.8 Å². The van der Waals surface area contributed by atoms with Crippen molar-refractivity contribution < 1.29 is 4.79 Å². The van der Waals surface area contributed by atoms with Gasteiger partial charge in [-0.2, -0.15) is 5.10 Å². The molecule has 1 aromatic heterocycles. The lowest BCUT2D eigenvalue weighted by molar-refractivity contribution is 0.0946. The van der Waals surface area contributed by atoms with Crippen LogP contribution in [0.2, 0.25) is 0 Å². The van der Waals surface area contributed by atoms with Crippen molar-refractivity contribution in [2.24, 2.45) is 0 Å². The molecule has 118 valence electrons. The van der Waals surface area contributed by atoms with E-state index in [-0.39, 0.29) is 5.91 Å². The van der Waals surface area contributed by atoms with Gasteiger partial charge in [0.2, 0.25) is 0 Å². The lowest BCUT2D eigenvalue weighted by Crippen LogP contribution is -2.36. The zero-order valence-corrected chi connectivity index (χ0v) is 13.1. The first-order valence-corrected chi connectivity index (χ1v) is 7.88. The van der Waals surface area contributed by atoms with Gasteiger partial charge in [0.15, 0.2) is 5.69 Å². The average molecular weight is 293 g/mol. The highest BCUT2D eigenvalue weighted by Crippen LogP contribution is 2.21. The van der Waals surface area contributed by atoms with E-state index in [4.69, 9.17) is 5.73 Å². The first-order chi connectivity index (χ1) is 10.1. The Bertz CT molecular complexity index is 465. The van der Waals surface area contributed by atoms with E-state index in [0.29, 0.717) is 17.9 Å². The topological polar surface area (TPSA) is 87.0 Å². The van der Waals surface area contributed by atoms with Gasteiger partial charge in [-0.3, -0.25) is 9.89 Å². The summed E-state index contributed by atoms with van der Waals surface area (Å²) in [4.78, 5) is 14.4. The molecule has 0 unspecified atom stereocenters. The number of hydrogen-bond acceptors (Lipinski definition) is 4. The Morgan fingerprint density at radius 1 is 1.43 bits per heavy atom. The van der Waals surface area contributed by atoms with Crippen molar-refractivity contribution in [3.63, 3.8) is 0 Å². The lowest BCUT2D eigenvalue weighted by Gasteiger charge is -2.31. The molecule has 6 heteroatoms. The van der Waals surface area contributed by atoms with Gasteiger partial charge in [0.05, 0.1) is 11.4 Å². The number of rotatable bonds is 6. The Balaban J connectivity index is 1.67. The minimum absolute atomic E-state index is 0.197. The lowest BCUT2D eigenvalue weighted by atomic mass is 9.94. The number of H-pyrrole nitrogens is 1. The van der Waals surface area contributed by atoms with Crippen LogP contribution in [-0.2, 0) is 0 Å². The third-order valence-electron chi connectivity index (χ3n) is 4.38. The molecule has 1 heterocycles. The quantitative estimate of drug-likeness (QED) is 0.696. The van der Waals surface area contributed by atoms with E-state index in [0.717, 1.165) is 24.7 Å². The van der Waals surface area contributed by atoms with Gasteiger partial charge >= 0.3 is 0 Å². The highest BCUT2D eigenvalue weighted by molar-refractivity contribution is 5.97. The maximum absolute atomic E-state index is 11.9. The number of carbonyl (C=O) groups excluding carboxylic acids is 1. The van der Waals surface area contributed by atoms with Crippen LogP contribution in [0.1, 0.15) is 54.7 Å². The number of aryl methyl sites for hydroxylation is 1. The van der Waals surface area contributed by atoms with E-state index in [9.17, 15) is 4.79 Å². The molecule has 0 aromatic carbocycles. The van der Waals surface area contributed by atoms with Crippen molar-refractivity contribution in [2.75, 3.05) is 25.9 Å². The summed E-state index contributed by atoms with van der Waals surface area (Å²) in [6, 6.07) is 0.721. The molecule has 4 N–H and O–H groups in total. The maximum Gasteiger partial charge on any atom is 0.273 e. The monoisotopic (exact) mass is 293 g/mol. The van der Waals surface area contributed by atoms with E-state index in [1.54, 1.807) is 6.92 Å². The molecular weight excluding hydrogens is 266 g/mol. The number of aromatic amines is 1. The van der Waals surface area contributed by atoms with Gasteiger partial charge in [0.1, 0.15) is 0 Å². The molecule has 1 saturated carbocycles. The average Bonchev–Trinajstić information content (AvgIpc) is 2.84.